The molecule has 2 N–H and O–H groups in total. The third-order valence-corrected chi connectivity index (χ3v) is 1.48. The third kappa shape index (κ3) is 5.67. The molecule has 0 aliphatic rings. The van der Waals surface area contributed by atoms with E-state index in [-0.39, 0.29) is 0 Å². The summed E-state index contributed by atoms with van der Waals surface area (Å²) in [5, 5.41) is 6.26. The molecular weight excluding hydrogens is 136 g/mol. The molecule has 0 atom stereocenters. The zero-order chi connectivity index (χ0) is 8.69. The predicted molar refractivity (Wildman–Crippen MR) is 50.3 cm³/mol. The van der Waals surface area contributed by atoms with Gasteiger partial charge in [0.05, 0.1) is 0 Å². The van der Waals surface area contributed by atoms with Gasteiger partial charge >= 0.3 is 0 Å². The van der Waals surface area contributed by atoms with Gasteiger partial charge in [0.2, 0.25) is 0 Å². The van der Waals surface area contributed by atoms with Gasteiger partial charge in [-0.05, 0) is 27.3 Å². The molecule has 0 bridgehead atoms. The lowest BCUT2D eigenvalue weighted by Gasteiger charge is -2.08. The largest absolute Gasteiger partial charge is 0.363 e. The zero-order valence-corrected chi connectivity index (χ0v) is 7.70. The van der Waals surface area contributed by atoms with Crippen molar-refractivity contribution in [1.82, 2.24) is 10.6 Å². The van der Waals surface area contributed by atoms with Crippen LogP contribution in [0, 0.1) is 0 Å². The standard InChI is InChI=1S/C9H18N2/c1-5-8(2)11-9(3)6-7-10-4/h5,10-11H,3,6-7H2,1-2,4H3/b8-5+. The van der Waals surface area contributed by atoms with Gasteiger partial charge in [-0.3, -0.25) is 0 Å². The first-order valence-corrected chi connectivity index (χ1v) is 3.93. The van der Waals surface area contributed by atoms with Gasteiger partial charge in [-0.15, -0.1) is 0 Å². The van der Waals surface area contributed by atoms with Gasteiger partial charge < -0.3 is 10.6 Å². The summed E-state index contributed by atoms with van der Waals surface area (Å²) >= 11 is 0. The molecule has 0 spiro atoms. The van der Waals surface area contributed by atoms with Crippen LogP contribution in [0.25, 0.3) is 0 Å². The van der Waals surface area contributed by atoms with Gasteiger partial charge in [0.25, 0.3) is 0 Å². The second kappa shape index (κ2) is 5.98. The van der Waals surface area contributed by atoms with Gasteiger partial charge in [-0.25, -0.2) is 0 Å². The molecule has 0 aromatic carbocycles. The van der Waals surface area contributed by atoms with E-state index in [1.165, 1.54) is 0 Å². The van der Waals surface area contributed by atoms with E-state index in [2.05, 4.69) is 17.2 Å². The molecule has 0 aromatic heterocycles. The van der Waals surface area contributed by atoms with E-state index in [0.717, 1.165) is 24.4 Å². The van der Waals surface area contributed by atoms with Crippen molar-refractivity contribution in [3.63, 3.8) is 0 Å². The van der Waals surface area contributed by atoms with Crippen LogP contribution < -0.4 is 10.6 Å². The summed E-state index contributed by atoms with van der Waals surface area (Å²) in [5.41, 5.74) is 2.22. The first-order valence-electron chi connectivity index (χ1n) is 3.93. The third-order valence-electron chi connectivity index (χ3n) is 1.48. The summed E-state index contributed by atoms with van der Waals surface area (Å²) in [4.78, 5) is 0. The molecule has 64 valence electrons. The lowest BCUT2D eigenvalue weighted by molar-refractivity contribution is 0.750. The summed E-state index contributed by atoms with van der Waals surface area (Å²) < 4.78 is 0. The van der Waals surface area contributed by atoms with Crippen LogP contribution >= 0.6 is 0 Å². The lowest BCUT2D eigenvalue weighted by Crippen LogP contribution is -2.15. The smallest absolute Gasteiger partial charge is 0.00881 e. The highest BCUT2D eigenvalue weighted by Crippen LogP contribution is 1.95. The monoisotopic (exact) mass is 154 g/mol. The fraction of sp³-hybridized carbons (Fsp3) is 0.556. The molecule has 0 aliphatic carbocycles. The SMILES string of the molecule is C=C(CCNC)N/C(C)=C/C. The maximum atomic E-state index is 3.89. The van der Waals surface area contributed by atoms with Crippen LogP contribution in [0.5, 0.6) is 0 Å². The first-order chi connectivity index (χ1) is 5.20. The minimum absolute atomic E-state index is 0.974. The first kappa shape index (κ1) is 10.2. The Hall–Kier alpha value is -0.760. The quantitative estimate of drug-likeness (QED) is 0.629. The van der Waals surface area contributed by atoms with Crippen LogP contribution in [0.1, 0.15) is 20.3 Å². The van der Waals surface area contributed by atoms with Gasteiger partial charge in [-0.2, -0.15) is 0 Å². The topological polar surface area (TPSA) is 24.1 Å². The van der Waals surface area contributed by atoms with Crippen molar-refractivity contribution in [2.45, 2.75) is 20.3 Å². The molecule has 0 rings (SSSR count). The highest BCUT2D eigenvalue weighted by molar-refractivity contribution is 5.05. The van der Waals surface area contributed by atoms with Crippen LogP contribution in [-0.4, -0.2) is 13.6 Å². The van der Waals surface area contributed by atoms with Crippen molar-refractivity contribution in [3.8, 4) is 0 Å². The molecule has 0 saturated heterocycles. The number of hydrogen-bond donors (Lipinski definition) is 2. The van der Waals surface area contributed by atoms with E-state index in [9.17, 15) is 0 Å². The van der Waals surface area contributed by atoms with Crippen LogP contribution in [0.4, 0.5) is 0 Å². The van der Waals surface area contributed by atoms with Crippen LogP contribution in [0.3, 0.4) is 0 Å². The van der Waals surface area contributed by atoms with E-state index in [0.29, 0.717) is 0 Å². The molecule has 0 saturated carbocycles. The van der Waals surface area contributed by atoms with Crippen molar-refractivity contribution in [2.75, 3.05) is 13.6 Å². The van der Waals surface area contributed by atoms with Gasteiger partial charge in [0.1, 0.15) is 0 Å². The minimum atomic E-state index is 0.974. The number of allylic oxidation sites excluding steroid dienone is 2. The molecule has 11 heavy (non-hydrogen) atoms. The molecule has 0 unspecified atom stereocenters. The molecule has 2 nitrogen and oxygen atoms in total. The Labute approximate surface area is 69.4 Å². The molecule has 2 heteroatoms. The molecule has 0 fully saturated rings. The van der Waals surface area contributed by atoms with Gasteiger partial charge in [0.15, 0.2) is 0 Å². The van der Waals surface area contributed by atoms with E-state index in [1.807, 2.05) is 27.0 Å². The Morgan fingerprint density at radius 3 is 2.64 bits per heavy atom. The number of rotatable bonds is 5. The maximum Gasteiger partial charge on any atom is 0.00881 e. The van der Waals surface area contributed by atoms with Crippen molar-refractivity contribution in [1.29, 1.82) is 0 Å². The Balaban J connectivity index is 3.53. The van der Waals surface area contributed by atoms with E-state index in [1.54, 1.807) is 0 Å². The van der Waals surface area contributed by atoms with Crippen LogP contribution in [0.15, 0.2) is 24.0 Å². The Morgan fingerprint density at radius 2 is 2.18 bits per heavy atom. The average Bonchev–Trinajstić information content (AvgIpc) is 2.00. The fourth-order valence-corrected chi connectivity index (χ4v) is 0.689. The van der Waals surface area contributed by atoms with Gasteiger partial charge in [0, 0.05) is 17.9 Å². The van der Waals surface area contributed by atoms with E-state index < -0.39 is 0 Å². The Bertz CT molecular complexity index is 148. The highest BCUT2D eigenvalue weighted by Gasteiger charge is 1.91. The summed E-state index contributed by atoms with van der Waals surface area (Å²) in [6, 6.07) is 0. The summed E-state index contributed by atoms with van der Waals surface area (Å²) in [6.45, 7) is 8.90. The minimum Gasteiger partial charge on any atom is -0.363 e. The molecule has 0 aromatic rings. The maximum absolute atomic E-state index is 3.89. The molecule has 0 heterocycles. The summed E-state index contributed by atoms with van der Waals surface area (Å²) in [6.07, 6.45) is 3.01. The van der Waals surface area contributed by atoms with E-state index in [4.69, 9.17) is 0 Å². The van der Waals surface area contributed by atoms with Crippen molar-refractivity contribution >= 4 is 0 Å². The van der Waals surface area contributed by atoms with Crippen LogP contribution in [-0.2, 0) is 0 Å². The second-order valence-corrected chi connectivity index (χ2v) is 2.55. The zero-order valence-electron chi connectivity index (χ0n) is 7.70. The Kier molecular flexibility index (Phi) is 5.57. The average molecular weight is 154 g/mol. The fourth-order valence-electron chi connectivity index (χ4n) is 0.689. The second-order valence-electron chi connectivity index (χ2n) is 2.55. The highest BCUT2D eigenvalue weighted by atomic mass is 14.9. The molecule has 0 radical (unpaired) electrons. The number of hydrogen-bond acceptors (Lipinski definition) is 2. The van der Waals surface area contributed by atoms with E-state index >= 15 is 0 Å². The number of nitrogens with one attached hydrogen (secondary N) is 2. The molecular formula is C9H18N2. The lowest BCUT2D eigenvalue weighted by atomic mass is 10.3. The normalized spacial score (nSPS) is 11.4. The van der Waals surface area contributed by atoms with Crippen molar-refractivity contribution in [2.24, 2.45) is 0 Å². The van der Waals surface area contributed by atoms with Crippen molar-refractivity contribution in [3.05, 3.63) is 24.0 Å². The summed E-state index contributed by atoms with van der Waals surface area (Å²) in [5.74, 6) is 0. The predicted octanol–water partition coefficient (Wildman–Crippen LogP) is 1.62. The van der Waals surface area contributed by atoms with Crippen molar-refractivity contribution < 1.29 is 0 Å². The Morgan fingerprint density at radius 1 is 1.55 bits per heavy atom. The molecule has 0 amide bonds. The van der Waals surface area contributed by atoms with Gasteiger partial charge in [-0.1, -0.05) is 12.7 Å². The molecule has 0 aliphatic heterocycles. The summed E-state index contributed by atoms with van der Waals surface area (Å²) in [7, 11) is 1.94. The van der Waals surface area contributed by atoms with Crippen LogP contribution in [0.2, 0.25) is 0 Å².